The maximum Gasteiger partial charge on any atom is 0.317 e. The van der Waals surface area contributed by atoms with E-state index >= 15 is 0 Å². The molecule has 0 bridgehead atoms. The van der Waals surface area contributed by atoms with Crippen LogP contribution in [0.1, 0.15) is 18.4 Å². The molecular formula is C17H23N5O3S. The molecule has 1 saturated heterocycles. The van der Waals surface area contributed by atoms with Gasteiger partial charge in [-0.2, -0.15) is 5.10 Å². The second-order valence-electron chi connectivity index (χ2n) is 6.44. The zero-order valence-electron chi connectivity index (χ0n) is 14.6. The number of nitrogens with one attached hydrogen (secondary N) is 2. The summed E-state index contributed by atoms with van der Waals surface area (Å²) in [5.74, 6) is 0. The summed E-state index contributed by atoms with van der Waals surface area (Å²) in [6.45, 7) is 1.46. The van der Waals surface area contributed by atoms with Crippen LogP contribution in [0.25, 0.3) is 5.69 Å². The minimum atomic E-state index is -3.21. The number of aromatic nitrogens is 2. The zero-order chi connectivity index (χ0) is 18.6. The Balaban J connectivity index is 1.47. The summed E-state index contributed by atoms with van der Waals surface area (Å²) in [5.41, 5.74) is 1.88. The third kappa shape index (κ3) is 5.06. The average Bonchev–Trinajstić information content (AvgIpc) is 3.09. The van der Waals surface area contributed by atoms with Crippen LogP contribution < -0.4 is 10.0 Å². The standard InChI is InChI=1S/C17H23N5O3S/c1-26(24,25)20-15-7-9-21(10-8-15)17(23)18-11-14-12-19-22(13-14)16-5-3-2-4-6-16/h2-6,12-13,15,20H,7-11H2,1H3,(H,18,23). The quantitative estimate of drug-likeness (QED) is 0.815. The highest BCUT2D eigenvalue weighted by atomic mass is 32.2. The number of sulfonamides is 1. The number of carbonyl (C=O) groups excluding carboxylic acids is 1. The first-order valence-electron chi connectivity index (χ1n) is 8.50. The molecule has 0 spiro atoms. The van der Waals surface area contributed by atoms with Gasteiger partial charge in [0.05, 0.1) is 18.1 Å². The summed E-state index contributed by atoms with van der Waals surface area (Å²) in [4.78, 5) is 14.0. The number of piperidine rings is 1. The monoisotopic (exact) mass is 377 g/mol. The van der Waals surface area contributed by atoms with Gasteiger partial charge in [0.15, 0.2) is 0 Å². The topological polar surface area (TPSA) is 96.3 Å². The molecule has 0 saturated carbocycles. The maximum atomic E-state index is 12.3. The number of hydrogen-bond donors (Lipinski definition) is 2. The van der Waals surface area contributed by atoms with E-state index in [1.165, 1.54) is 0 Å². The number of urea groups is 1. The van der Waals surface area contributed by atoms with E-state index in [4.69, 9.17) is 0 Å². The van der Waals surface area contributed by atoms with Gasteiger partial charge in [0.25, 0.3) is 0 Å². The summed E-state index contributed by atoms with van der Waals surface area (Å²) in [6.07, 6.45) is 6.01. The molecule has 2 amide bonds. The highest BCUT2D eigenvalue weighted by Crippen LogP contribution is 2.12. The van der Waals surface area contributed by atoms with Gasteiger partial charge in [-0.1, -0.05) is 18.2 Å². The molecule has 2 aromatic rings. The van der Waals surface area contributed by atoms with Crippen LogP contribution in [-0.2, 0) is 16.6 Å². The number of hydrogen-bond acceptors (Lipinski definition) is 4. The molecule has 0 aliphatic carbocycles. The average molecular weight is 377 g/mol. The van der Waals surface area contributed by atoms with Crippen LogP contribution in [0.5, 0.6) is 0 Å². The molecular weight excluding hydrogens is 354 g/mol. The van der Waals surface area contributed by atoms with Crippen LogP contribution in [0.15, 0.2) is 42.7 Å². The van der Waals surface area contributed by atoms with Gasteiger partial charge in [0.1, 0.15) is 0 Å². The van der Waals surface area contributed by atoms with Crippen molar-refractivity contribution in [2.24, 2.45) is 0 Å². The van der Waals surface area contributed by atoms with Crippen molar-refractivity contribution in [1.29, 1.82) is 0 Å². The Hall–Kier alpha value is -2.39. The van der Waals surface area contributed by atoms with Crippen molar-refractivity contribution in [3.8, 4) is 5.69 Å². The molecule has 0 atom stereocenters. The number of rotatable bonds is 5. The van der Waals surface area contributed by atoms with Crippen molar-refractivity contribution < 1.29 is 13.2 Å². The van der Waals surface area contributed by atoms with Gasteiger partial charge in [-0.3, -0.25) is 0 Å². The fourth-order valence-corrected chi connectivity index (χ4v) is 3.81. The van der Waals surface area contributed by atoms with Crippen molar-refractivity contribution in [2.75, 3.05) is 19.3 Å². The number of para-hydroxylation sites is 1. The number of likely N-dealkylation sites (tertiary alicyclic amines) is 1. The Bertz CT molecular complexity index is 842. The van der Waals surface area contributed by atoms with Crippen LogP contribution in [0.2, 0.25) is 0 Å². The van der Waals surface area contributed by atoms with E-state index in [9.17, 15) is 13.2 Å². The van der Waals surface area contributed by atoms with Crippen LogP contribution in [-0.4, -0.2) is 54.5 Å². The molecule has 2 heterocycles. The fourth-order valence-electron chi connectivity index (χ4n) is 2.97. The van der Waals surface area contributed by atoms with Crippen molar-refractivity contribution in [1.82, 2.24) is 24.7 Å². The van der Waals surface area contributed by atoms with Crippen molar-refractivity contribution in [3.05, 3.63) is 48.3 Å². The van der Waals surface area contributed by atoms with E-state index in [1.807, 2.05) is 36.5 Å². The molecule has 0 unspecified atom stereocenters. The Labute approximate surface area is 153 Å². The first kappa shape index (κ1) is 18.4. The Morgan fingerprint density at radius 1 is 1.23 bits per heavy atom. The van der Waals surface area contributed by atoms with Gasteiger partial charge in [0, 0.05) is 37.4 Å². The minimum absolute atomic E-state index is 0.0989. The zero-order valence-corrected chi connectivity index (χ0v) is 15.4. The summed E-state index contributed by atoms with van der Waals surface area (Å²) in [6, 6.07) is 9.52. The SMILES string of the molecule is CS(=O)(=O)NC1CCN(C(=O)NCc2cnn(-c3ccccc3)c2)CC1. The molecule has 1 aromatic carbocycles. The lowest BCUT2D eigenvalue weighted by Crippen LogP contribution is -2.49. The minimum Gasteiger partial charge on any atom is -0.334 e. The lowest BCUT2D eigenvalue weighted by atomic mass is 10.1. The van der Waals surface area contributed by atoms with Crippen LogP contribution in [0, 0.1) is 0 Å². The molecule has 1 aromatic heterocycles. The predicted molar refractivity (Wildman–Crippen MR) is 98.4 cm³/mol. The van der Waals surface area contributed by atoms with Crippen LogP contribution in [0.4, 0.5) is 4.79 Å². The molecule has 26 heavy (non-hydrogen) atoms. The van der Waals surface area contributed by atoms with Crippen molar-refractivity contribution in [2.45, 2.75) is 25.4 Å². The Kier molecular flexibility index (Phi) is 5.58. The summed E-state index contributed by atoms with van der Waals surface area (Å²) in [5, 5.41) is 7.20. The number of amides is 2. The van der Waals surface area contributed by atoms with Crippen LogP contribution >= 0.6 is 0 Å². The third-order valence-electron chi connectivity index (χ3n) is 4.26. The van der Waals surface area contributed by atoms with Gasteiger partial charge in [-0.15, -0.1) is 0 Å². The van der Waals surface area contributed by atoms with E-state index in [0.29, 0.717) is 32.5 Å². The van der Waals surface area contributed by atoms with E-state index < -0.39 is 10.0 Å². The first-order valence-corrected chi connectivity index (χ1v) is 10.4. The molecule has 3 rings (SSSR count). The molecule has 1 aliphatic rings. The number of nitrogens with zero attached hydrogens (tertiary/aromatic N) is 3. The second-order valence-corrected chi connectivity index (χ2v) is 8.22. The first-order chi connectivity index (χ1) is 12.4. The maximum absolute atomic E-state index is 12.3. The molecule has 1 fully saturated rings. The molecule has 0 radical (unpaired) electrons. The Morgan fingerprint density at radius 2 is 1.92 bits per heavy atom. The molecule has 9 heteroatoms. The Morgan fingerprint density at radius 3 is 2.58 bits per heavy atom. The molecule has 1 aliphatic heterocycles. The predicted octanol–water partition coefficient (Wildman–Crippen LogP) is 1.10. The summed E-state index contributed by atoms with van der Waals surface area (Å²) in [7, 11) is -3.21. The normalized spacial score (nSPS) is 15.8. The van der Waals surface area contributed by atoms with Gasteiger partial charge in [-0.05, 0) is 25.0 Å². The third-order valence-corrected chi connectivity index (χ3v) is 5.02. The van der Waals surface area contributed by atoms with E-state index in [0.717, 1.165) is 17.5 Å². The lowest BCUT2D eigenvalue weighted by molar-refractivity contribution is 0.179. The summed E-state index contributed by atoms with van der Waals surface area (Å²) >= 11 is 0. The number of carbonyl (C=O) groups is 1. The second kappa shape index (κ2) is 7.88. The number of benzene rings is 1. The van der Waals surface area contributed by atoms with Gasteiger partial charge in [0.2, 0.25) is 10.0 Å². The van der Waals surface area contributed by atoms with Gasteiger partial charge in [-0.25, -0.2) is 22.6 Å². The van der Waals surface area contributed by atoms with Crippen molar-refractivity contribution in [3.63, 3.8) is 0 Å². The highest BCUT2D eigenvalue weighted by molar-refractivity contribution is 7.88. The molecule has 2 N–H and O–H groups in total. The largest absolute Gasteiger partial charge is 0.334 e. The summed E-state index contributed by atoms with van der Waals surface area (Å²) < 4.78 is 26.9. The fraction of sp³-hybridized carbons (Fsp3) is 0.412. The molecule has 140 valence electrons. The van der Waals surface area contributed by atoms with E-state index in [1.54, 1.807) is 15.8 Å². The lowest BCUT2D eigenvalue weighted by Gasteiger charge is -2.31. The molecule has 8 nitrogen and oxygen atoms in total. The van der Waals surface area contributed by atoms with E-state index in [2.05, 4.69) is 15.1 Å². The van der Waals surface area contributed by atoms with Crippen molar-refractivity contribution >= 4 is 16.1 Å². The smallest absolute Gasteiger partial charge is 0.317 e. The van der Waals surface area contributed by atoms with Gasteiger partial charge < -0.3 is 10.2 Å². The van der Waals surface area contributed by atoms with Crippen LogP contribution in [0.3, 0.4) is 0 Å². The van der Waals surface area contributed by atoms with Gasteiger partial charge >= 0.3 is 6.03 Å². The van der Waals surface area contributed by atoms with E-state index in [-0.39, 0.29) is 12.1 Å². The highest BCUT2D eigenvalue weighted by Gasteiger charge is 2.24.